The van der Waals surface area contributed by atoms with Crippen molar-refractivity contribution in [3.63, 3.8) is 0 Å². The first-order valence-electron chi connectivity index (χ1n) is 6.83. The zero-order valence-corrected chi connectivity index (χ0v) is 11.5. The molecule has 0 aliphatic heterocycles. The van der Waals surface area contributed by atoms with Gasteiger partial charge < -0.3 is 5.32 Å². The third-order valence-electron chi connectivity index (χ3n) is 3.31. The number of hydrogen-bond acceptors (Lipinski definition) is 3. The molecule has 0 bridgehead atoms. The highest BCUT2D eigenvalue weighted by Crippen LogP contribution is 2.19. The molecule has 1 aromatic heterocycles. The molecule has 0 amide bonds. The second kappa shape index (κ2) is 5.70. The number of rotatable bonds is 4. The van der Waals surface area contributed by atoms with E-state index in [9.17, 15) is 0 Å². The van der Waals surface area contributed by atoms with Crippen LogP contribution in [0.2, 0.25) is 0 Å². The topological polar surface area (TPSA) is 37.8 Å². The average molecular weight is 263 g/mol. The first kappa shape index (κ1) is 12.6. The maximum absolute atomic E-state index is 4.37. The van der Waals surface area contributed by atoms with Gasteiger partial charge in [-0.25, -0.2) is 9.97 Å². The van der Waals surface area contributed by atoms with Gasteiger partial charge in [-0.05, 0) is 31.0 Å². The van der Waals surface area contributed by atoms with Gasteiger partial charge in [0.05, 0.1) is 5.52 Å². The molecule has 1 atom stereocenters. The fourth-order valence-corrected chi connectivity index (χ4v) is 2.37. The van der Waals surface area contributed by atoms with E-state index in [0.717, 1.165) is 23.1 Å². The number of nitrogens with one attached hydrogen (secondary N) is 1. The van der Waals surface area contributed by atoms with E-state index in [1.165, 1.54) is 5.56 Å². The summed E-state index contributed by atoms with van der Waals surface area (Å²) in [5.41, 5.74) is 2.29. The first-order chi connectivity index (χ1) is 9.83. The third kappa shape index (κ3) is 2.77. The van der Waals surface area contributed by atoms with Gasteiger partial charge >= 0.3 is 0 Å². The highest BCUT2D eigenvalue weighted by Gasteiger charge is 2.07. The number of para-hydroxylation sites is 1. The average Bonchev–Trinajstić information content (AvgIpc) is 2.48. The molecule has 3 heteroatoms. The van der Waals surface area contributed by atoms with Crippen molar-refractivity contribution >= 4 is 16.7 Å². The lowest BCUT2D eigenvalue weighted by molar-refractivity contribution is 0.785. The van der Waals surface area contributed by atoms with Crippen LogP contribution in [0.25, 0.3) is 10.9 Å². The Morgan fingerprint density at radius 1 is 0.950 bits per heavy atom. The molecule has 0 saturated carbocycles. The summed E-state index contributed by atoms with van der Waals surface area (Å²) in [6, 6.07) is 18.9. The molecule has 0 fully saturated rings. The second-order valence-electron chi connectivity index (χ2n) is 4.97. The van der Waals surface area contributed by atoms with Gasteiger partial charge in [-0.15, -0.1) is 0 Å². The molecule has 1 unspecified atom stereocenters. The van der Waals surface area contributed by atoms with Crippen LogP contribution in [0.4, 0.5) is 5.82 Å². The van der Waals surface area contributed by atoms with E-state index in [4.69, 9.17) is 0 Å². The van der Waals surface area contributed by atoms with Crippen molar-refractivity contribution in [3.8, 4) is 0 Å². The van der Waals surface area contributed by atoms with Crippen molar-refractivity contribution in [2.45, 2.75) is 19.4 Å². The molecule has 20 heavy (non-hydrogen) atoms. The van der Waals surface area contributed by atoms with Crippen LogP contribution in [-0.2, 0) is 6.42 Å². The Balaban J connectivity index is 1.79. The van der Waals surface area contributed by atoms with Gasteiger partial charge in [0.1, 0.15) is 12.1 Å². The third-order valence-corrected chi connectivity index (χ3v) is 3.31. The minimum absolute atomic E-state index is 0.315. The standard InChI is InChI=1S/C17H17N3/c1-13(11-14-7-3-2-4-8-14)20-17-15-9-5-6-10-16(15)18-12-19-17/h2-10,12-13H,11H2,1H3,(H,18,19,20). The van der Waals surface area contributed by atoms with E-state index in [1.807, 2.05) is 30.3 Å². The summed E-state index contributed by atoms with van der Waals surface area (Å²) in [4.78, 5) is 8.65. The Labute approximate surface area is 118 Å². The number of aromatic nitrogens is 2. The Hall–Kier alpha value is -2.42. The number of hydrogen-bond donors (Lipinski definition) is 1. The zero-order chi connectivity index (χ0) is 13.8. The maximum Gasteiger partial charge on any atom is 0.137 e. The lowest BCUT2D eigenvalue weighted by Gasteiger charge is -2.15. The highest BCUT2D eigenvalue weighted by molar-refractivity contribution is 5.88. The van der Waals surface area contributed by atoms with Crippen LogP contribution in [0, 0.1) is 0 Å². The molecule has 3 rings (SSSR count). The van der Waals surface area contributed by atoms with Gasteiger partial charge in [-0.3, -0.25) is 0 Å². The Morgan fingerprint density at radius 2 is 1.70 bits per heavy atom. The van der Waals surface area contributed by atoms with Crippen LogP contribution < -0.4 is 5.32 Å². The van der Waals surface area contributed by atoms with Crippen molar-refractivity contribution in [2.24, 2.45) is 0 Å². The number of nitrogens with zero attached hydrogens (tertiary/aromatic N) is 2. The molecule has 0 spiro atoms. The summed E-state index contributed by atoms with van der Waals surface area (Å²) in [6.45, 7) is 2.17. The lowest BCUT2D eigenvalue weighted by Crippen LogP contribution is -2.19. The Kier molecular flexibility index (Phi) is 3.59. The quantitative estimate of drug-likeness (QED) is 0.780. The van der Waals surface area contributed by atoms with Crippen LogP contribution in [0.15, 0.2) is 60.9 Å². The molecule has 2 aromatic carbocycles. The van der Waals surface area contributed by atoms with Crippen molar-refractivity contribution in [2.75, 3.05) is 5.32 Å². The summed E-state index contributed by atoms with van der Waals surface area (Å²) in [5, 5.41) is 4.55. The molecular formula is C17H17N3. The van der Waals surface area contributed by atoms with Crippen LogP contribution in [-0.4, -0.2) is 16.0 Å². The van der Waals surface area contributed by atoms with Crippen LogP contribution in [0.5, 0.6) is 0 Å². The first-order valence-corrected chi connectivity index (χ1v) is 6.83. The van der Waals surface area contributed by atoms with Gasteiger partial charge in [-0.1, -0.05) is 42.5 Å². The van der Waals surface area contributed by atoms with E-state index in [0.29, 0.717) is 6.04 Å². The van der Waals surface area contributed by atoms with E-state index in [1.54, 1.807) is 6.33 Å². The fraction of sp³-hybridized carbons (Fsp3) is 0.176. The summed E-state index contributed by atoms with van der Waals surface area (Å²) in [6.07, 6.45) is 2.58. The number of fused-ring (bicyclic) bond motifs is 1. The summed E-state index contributed by atoms with van der Waals surface area (Å²) in [7, 11) is 0. The molecule has 3 aromatic rings. The monoisotopic (exact) mass is 263 g/mol. The number of anilines is 1. The second-order valence-corrected chi connectivity index (χ2v) is 4.97. The van der Waals surface area contributed by atoms with Crippen molar-refractivity contribution in [1.29, 1.82) is 0 Å². The van der Waals surface area contributed by atoms with E-state index in [2.05, 4.69) is 46.5 Å². The molecule has 3 nitrogen and oxygen atoms in total. The highest BCUT2D eigenvalue weighted by atomic mass is 15.0. The summed E-state index contributed by atoms with van der Waals surface area (Å²) in [5.74, 6) is 0.902. The molecule has 0 saturated heterocycles. The van der Waals surface area contributed by atoms with Gasteiger partial charge in [0, 0.05) is 11.4 Å². The Morgan fingerprint density at radius 3 is 2.55 bits per heavy atom. The van der Waals surface area contributed by atoms with Gasteiger partial charge in [0.2, 0.25) is 0 Å². The molecule has 0 aliphatic carbocycles. The van der Waals surface area contributed by atoms with Crippen LogP contribution in [0.3, 0.4) is 0 Å². The largest absolute Gasteiger partial charge is 0.367 e. The predicted molar refractivity (Wildman–Crippen MR) is 82.8 cm³/mol. The minimum atomic E-state index is 0.315. The normalized spacial score (nSPS) is 12.2. The van der Waals surface area contributed by atoms with Crippen LogP contribution >= 0.6 is 0 Å². The fourth-order valence-electron chi connectivity index (χ4n) is 2.37. The molecular weight excluding hydrogens is 246 g/mol. The van der Waals surface area contributed by atoms with Crippen LogP contribution in [0.1, 0.15) is 12.5 Å². The molecule has 1 heterocycles. The smallest absolute Gasteiger partial charge is 0.137 e. The predicted octanol–water partition coefficient (Wildman–Crippen LogP) is 3.67. The van der Waals surface area contributed by atoms with Crippen molar-refractivity contribution in [3.05, 3.63) is 66.5 Å². The van der Waals surface area contributed by atoms with Gasteiger partial charge in [0.15, 0.2) is 0 Å². The van der Waals surface area contributed by atoms with Gasteiger partial charge in [0.25, 0.3) is 0 Å². The van der Waals surface area contributed by atoms with Crippen molar-refractivity contribution in [1.82, 2.24) is 9.97 Å². The maximum atomic E-state index is 4.37. The SMILES string of the molecule is CC(Cc1ccccc1)Nc1ncnc2ccccc12. The minimum Gasteiger partial charge on any atom is -0.367 e. The molecule has 1 N–H and O–H groups in total. The van der Waals surface area contributed by atoms with E-state index in [-0.39, 0.29) is 0 Å². The summed E-state index contributed by atoms with van der Waals surface area (Å²) < 4.78 is 0. The lowest BCUT2D eigenvalue weighted by atomic mass is 10.1. The van der Waals surface area contributed by atoms with Gasteiger partial charge in [-0.2, -0.15) is 0 Å². The zero-order valence-electron chi connectivity index (χ0n) is 11.5. The van der Waals surface area contributed by atoms with E-state index < -0.39 is 0 Å². The molecule has 0 radical (unpaired) electrons. The Bertz CT molecular complexity index is 689. The summed E-state index contributed by atoms with van der Waals surface area (Å²) >= 11 is 0. The number of benzene rings is 2. The molecule has 100 valence electrons. The van der Waals surface area contributed by atoms with E-state index >= 15 is 0 Å². The van der Waals surface area contributed by atoms with Crippen molar-refractivity contribution < 1.29 is 0 Å². The molecule has 0 aliphatic rings.